The van der Waals surface area contributed by atoms with Crippen LogP contribution in [-0.4, -0.2) is 44.5 Å². The Bertz CT molecular complexity index is 459. The Morgan fingerprint density at radius 3 is 2.69 bits per heavy atom. The highest BCUT2D eigenvalue weighted by Gasteiger charge is 2.19. The predicted octanol–water partition coefficient (Wildman–Crippen LogP) is 0.302. The van der Waals surface area contributed by atoms with Crippen molar-refractivity contribution < 1.29 is 13.5 Å². The van der Waals surface area contributed by atoms with E-state index in [-0.39, 0.29) is 17.5 Å². The van der Waals surface area contributed by atoms with Crippen LogP contribution in [0.15, 0.2) is 23.2 Å². The molecule has 0 aliphatic heterocycles. The predicted molar refractivity (Wildman–Crippen MR) is 62.3 cm³/mol. The third-order valence-electron chi connectivity index (χ3n) is 2.41. The van der Waals surface area contributed by atoms with Crippen LogP contribution in [0.4, 0.5) is 5.82 Å². The molecule has 5 nitrogen and oxygen atoms in total. The Morgan fingerprint density at radius 2 is 2.19 bits per heavy atom. The molecule has 0 bridgehead atoms. The lowest BCUT2D eigenvalue weighted by Gasteiger charge is -2.25. The van der Waals surface area contributed by atoms with Gasteiger partial charge in [-0.2, -0.15) is 0 Å². The second kappa shape index (κ2) is 4.80. The van der Waals surface area contributed by atoms with Crippen molar-refractivity contribution in [2.24, 2.45) is 0 Å². The number of aliphatic hydroxyl groups is 1. The summed E-state index contributed by atoms with van der Waals surface area (Å²) in [5, 5.41) is 9.04. The maximum absolute atomic E-state index is 11.5. The quantitative estimate of drug-likeness (QED) is 0.825. The molecule has 1 heterocycles. The number of aliphatic hydroxyl groups excluding tert-OH is 1. The minimum absolute atomic E-state index is 0.0592. The van der Waals surface area contributed by atoms with E-state index in [1.807, 2.05) is 0 Å². The van der Waals surface area contributed by atoms with Crippen LogP contribution < -0.4 is 4.90 Å². The second-order valence-electron chi connectivity index (χ2n) is 3.74. The molecule has 0 aliphatic carbocycles. The van der Waals surface area contributed by atoms with Crippen molar-refractivity contribution in [1.29, 1.82) is 0 Å². The number of anilines is 1. The van der Waals surface area contributed by atoms with E-state index in [1.54, 1.807) is 24.9 Å². The van der Waals surface area contributed by atoms with Gasteiger partial charge in [0, 0.05) is 19.5 Å². The van der Waals surface area contributed by atoms with Crippen molar-refractivity contribution in [2.75, 3.05) is 24.8 Å². The zero-order chi connectivity index (χ0) is 12.3. The van der Waals surface area contributed by atoms with Gasteiger partial charge in [-0.05, 0) is 19.1 Å². The Balaban J connectivity index is 3.24. The van der Waals surface area contributed by atoms with Crippen LogP contribution in [0, 0.1) is 0 Å². The van der Waals surface area contributed by atoms with Gasteiger partial charge >= 0.3 is 0 Å². The third-order valence-corrected chi connectivity index (χ3v) is 3.53. The number of rotatable bonds is 4. The lowest BCUT2D eigenvalue weighted by atomic mass is 10.3. The molecule has 1 aromatic rings. The van der Waals surface area contributed by atoms with Crippen molar-refractivity contribution >= 4 is 15.7 Å². The highest BCUT2D eigenvalue weighted by atomic mass is 32.2. The van der Waals surface area contributed by atoms with E-state index < -0.39 is 9.84 Å². The fraction of sp³-hybridized carbons (Fsp3) is 0.500. The molecule has 90 valence electrons. The van der Waals surface area contributed by atoms with Gasteiger partial charge < -0.3 is 10.0 Å². The van der Waals surface area contributed by atoms with Crippen molar-refractivity contribution in [3.05, 3.63) is 18.3 Å². The number of sulfone groups is 1. The largest absolute Gasteiger partial charge is 0.394 e. The molecule has 6 heteroatoms. The maximum atomic E-state index is 11.5. The summed E-state index contributed by atoms with van der Waals surface area (Å²) in [5.41, 5.74) is 0. The van der Waals surface area contributed by atoms with E-state index in [1.165, 1.54) is 12.3 Å². The maximum Gasteiger partial charge on any atom is 0.179 e. The third kappa shape index (κ3) is 2.70. The molecule has 0 amide bonds. The molecule has 0 spiro atoms. The number of hydrogen-bond acceptors (Lipinski definition) is 5. The van der Waals surface area contributed by atoms with Gasteiger partial charge in [0.2, 0.25) is 0 Å². The topological polar surface area (TPSA) is 70.5 Å². The van der Waals surface area contributed by atoms with Gasteiger partial charge in [0.1, 0.15) is 10.7 Å². The molecule has 1 unspecified atom stereocenters. The standard InChI is InChI=1S/C10H16N2O3S/c1-8(7-13)12(2)10-9(16(3,14)15)5-4-6-11-10/h4-6,8,13H,7H2,1-3H3. The molecular formula is C10H16N2O3S. The molecule has 0 radical (unpaired) electrons. The van der Waals surface area contributed by atoms with Crippen molar-refractivity contribution in [3.8, 4) is 0 Å². The van der Waals surface area contributed by atoms with E-state index >= 15 is 0 Å². The van der Waals surface area contributed by atoms with Crippen LogP contribution >= 0.6 is 0 Å². The Labute approximate surface area is 95.7 Å². The summed E-state index contributed by atoms with van der Waals surface area (Å²) in [7, 11) is -1.60. The van der Waals surface area contributed by atoms with E-state index in [2.05, 4.69) is 4.98 Å². The summed E-state index contributed by atoms with van der Waals surface area (Å²) < 4.78 is 23.1. The first-order valence-corrected chi connectivity index (χ1v) is 6.76. The zero-order valence-electron chi connectivity index (χ0n) is 9.58. The molecule has 0 saturated carbocycles. The number of pyridine rings is 1. The molecule has 16 heavy (non-hydrogen) atoms. The molecular weight excluding hydrogens is 228 g/mol. The lowest BCUT2D eigenvalue weighted by Crippen LogP contribution is -2.33. The van der Waals surface area contributed by atoms with Gasteiger partial charge in [0.15, 0.2) is 9.84 Å². The fourth-order valence-corrected chi connectivity index (χ4v) is 2.12. The molecule has 1 atom stereocenters. The first-order valence-electron chi connectivity index (χ1n) is 4.86. The smallest absolute Gasteiger partial charge is 0.179 e. The Hall–Kier alpha value is -1.14. The molecule has 0 aromatic carbocycles. The van der Waals surface area contributed by atoms with E-state index in [9.17, 15) is 8.42 Å². The van der Waals surface area contributed by atoms with Crippen LogP contribution in [0.1, 0.15) is 6.92 Å². The average molecular weight is 244 g/mol. The summed E-state index contributed by atoms with van der Waals surface area (Å²) in [6.45, 7) is 1.73. The normalized spacial score (nSPS) is 13.5. The van der Waals surface area contributed by atoms with Crippen molar-refractivity contribution in [3.63, 3.8) is 0 Å². The first kappa shape index (κ1) is 12.9. The van der Waals surface area contributed by atoms with Gasteiger partial charge in [0.25, 0.3) is 0 Å². The van der Waals surface area contributed by atoms with E-state index in [0.29, 0.717) is 5.82 Å². The summed E-state index contributed by atoms with van der Waals surface area (Å²) >= 11 is 0. The summed E-state index contributed by atoms with van der Waals surface area (Å²) in [5.74, 6) is 0.367. The minimum atomic E-state index is -3.31. The summed E-state index contributed by atoms with van der Waals surface area (Å²) in [6.07, 6.45) is 2.68. The number of likely N-dealkylation sites (N-methyl/N-ethyl adjacent to an activating group) is 1. The van der Waals surface area contributed by atoms with Crippen LogP contribution in [0.2, 0.25) is 0 Å². The highest BCUT2D eigenvalue weighted by Crippen LogP contribution is 2.22. The first-order chi connectivity index (χ1) is 7.38. The summed E-state index contributed by atoms with van der Waals surface area (Å²) in [4.78, 5) is 5.88. The van der Waals surface area contributed by atoms with Crippen molar-refractivity contribution in [1.82, 2.24) is 4.98 Å². The molecule has 1 aromatic heterocycles. The highest BCUT2D eigenvalue weighted by molar-refractivity contribution is 7.90. The van der Waals surface area contributed by atoms with Gasteiger partial charge in [-0.25, -0.2) is 13.4 Å². The fourth-order valence-electron chi connectivity index (χ4n) is 1.27. The Morgan fingerprint density at radius 1 is 1.56 bits per heavy atom. The van der Waals surface area contributed by atoms with E-state index in [4.69, 9.17) is 5.11 Å². The molecule has 1 N–H and O–H groups in total. The average Bonchev–Trinajstić information content (AvgIpc) is 2.26. The van der Waals surface area contributed by atoms with E-state index in [0.717, 1.165) is 6.26 Å². The van der Waals surface area contributed by atoms with Crippen LogP contribution in [0.3, 0.4) is 0 Å². The minimum Gasteiger partial charge on any atom is -0.394 e. The van der Waals surface area contributed by atoms with Crippen LogP contribution in [0.25, 0.3) is 0 Å². The summed E-state index contributed by atoms with van der Waals surface area (Å²) in [6, 6.07) is 2.91. The molecule has 0 fully saturated rings. The number of nitrogens with zero attached hydrogens (tertiary/aromatic N) is 2. The van der Waals surface area contributed by atoms with Crippen LogP contribution in [-0.2, 0) is 9.84 Å². The zero-order valence-corrected chi connectivity index (χ0v) is 10.4. The van der Waals surface area contributed by atoms with Gasteiger partial charge in [0.05, 0.1) is 12.6 Å². The van der Waals surface area contributed by atoms with Gasteiger partial charge in [-0.15, -0.1) is 0 Å². The second-order valence-corrected chi connectivity index (χ2v) is 5.72. The molecule has 0 saturated heterocycles. The molecule has 0 aliphatic rings. The monoisotopic (exact) mass is 244 g/mol. The lowest BCUT2D eigenvalue weighted by molar-refractivity contribution is 0.269. The van der Waals surface area contributed by atoms with Crippen LogP contribution in [0.5, 0.6) is 0 Å². The Kier molecular flexibility index (Phi) is 3.88. The molecule has 1 rings (SSSR count). The van der Waals surface area contributed by atoms with Crippen molar-refractivity contribution in [2.45, 2.75) is 17.9 Å². The SMILES string of the molecule is CC(CO)N(C)c1ncccc1S(C)(=O)=O. The van der Waals surface area contributed by atoms with Gasteiger partial charge in [-0.3, -0.25) is 0 Å². The number of aromatic nitrogens is 1. The number of hydrogen-bond donors (Lipinski definition) is 1. The van der Waals surface area contributed by atoms with Gasteiger partial charge in [-0.1, -0.05) is 0 Å².